The smallest absolute Gasteiger partial charge is 0.225 e. The third kappa shape index (κ3) is 2.27. The number of rotatable bonds is 2. The van der Waals surface area contributed by atoms with Crippen LogP contribution in [0.1, 0.15) is 11.7 Å². The number of halogens is 1. The van der Waals surface area contributed by atoms with Crippen LogP contribution in [-0.2, 0) is 4.79 Å². The average molecular weight is 262 g/mol. The van der Waals surface area contributed by atoms with Crippen molar-refractivity contribution in [3.05, 3.63) is 35.9 Å². The van der Waals surface area contributed by atoms with Gasteiger partial charge in [-0.3, -0.25) is 4.79 Å². The molecule has 11 heavy (non-hydrogen) atoms. The highest BCUT2D eigenvalue weighted by Crippen LogP contribution is 2.15. The molecule has 3 heteroatoms. The maximum absolute atomic E-state index is 10.7. The maximum atomic E-state index is 10.7. The second-order valence-electron chi connectivity index (χ2n) is 2.12. The van der Waals surface area contributed by atoms with Crippen molar-refractivity contribution in [3.63, 3.8) is 0 Å². The fourth-order valence-electron chi connectivity index (χ4n) is 0.766. The zero-order valence-corrected chi connectivity index (χ0v) is 7.86. The van der Waals surface area contributed by atoms with Gasteiger partial charge in [0.05, 0.1) is 0 Å². The van der Waals surface area contributed by atoms with Gasteiger partial charge in [0.2, 0.25) is 3.79 Å². The number of benzene rings is 1. The minimum absolute atomic E-state index is 0.256. The summed E-state index contributed by atoms with van der Waals surface area (Å²) in [6, 6.07) is 8.87. The molecule has 1 atom stereocenters. The van der Waals surface area contributed by atoms with Crippen LogP contribution in [0.3, 0.4) is 0 Å². The molecule has 0 aliphatic carbocycles. The number of carbonyl (C=O) groups excluding carboxylic acids is 1. The Hall–Kier alpha value is -0.420. The Balaban J connectivity index is 2.85. The number of carbonyl (C=O) groups is 1. The SMILES string of the molecule is O=C(I)[C@H](O)c1ccccc1. The van der Waals surface area contributed by atoms with Gasteiger partial charge < -0.3 is 5.11 Å². The summed E-state index contributed by atoms with van der Waals surface area (Å²) in [5.74, 6) is 0. The number of hydrogen-bond donors (Lipinski definition) is 1. The third-order valence-corrected chi connectivity index (χ3v) is 1.92. The summed E-state index contributed by atoms with van der Waals surface area (Å²) in [7, 11) is 0. The van der Waals surface area contributed by atoms with Crippen molar-refractivity contribution in [2.45, 2.75) is 6.10 Å². The molecule has 1 aromatic rings. The summed E-state index contributed by atoms with van der Waals surface area (Å²) in [6.45, 7) is 0. The Labute approximate surface area is 78.4 Å². The van der Waals surface area contributed by atoms with Crippen molar-refractivity contribution in [3.8, 4) is 0 Å². The first-order valence-electron chi connectivity index (χ1n) is 3.14. The lowest BCUT2D eigenvalue weighted by Crippen LogP contribution is -2.03. The molecule has 0 heterocycles. The van der Waals surface area contributed by atoms with Crippen molar-refractivity contribution in [2.24, 2.45) is 0 Å². The Morgan fingerprint density at radius 2 is 1.91 bits per heavy atom. The summed E-state index contributed by atoms with van der Waals surface area (Å²) >= 11 is 1.58. The fourth-order valence-corrected chi connectivity index (χ4v) is 1.13. The van der Waals surface area contributed by atoms with Crippen molar-refractivity contribution in [1.82, 2.24) is 0 Å². The average Bonchev–Trinajstić information content (AvgIpc) is 2.05. The van der Waals surface area contributed by atoms with Gasteiger partial charge in [-0.1, -0.05) is 30.3 Å². The van der Waals surface area contributed by atoms with Crippen LogP contribution in [0.4, 0.5) is 0 Å². The molecule has 0 amide bonds. The lowest BCUT2D eigenvalue weighted by Gasteiger charge is -2.03. The first-order valence-corrected chi connectivity index (χ1v) is 4.22. The van der Waals surface area contributed by atoms with Gasteiger partial charge in [0.1, 0.15) is 6.10 Å². The molecule has 0 spiro atoms. The second-order valence-corrected chi connectivity index (χ2v) is 3.18. The molecule has 2 nitrogen and oxygen atoms in total. The molecule has 0 fully saturated rings. The van der Waals surface area contributed by atoms with E-state index in [0.29, 0.717) is 5.56 Å². The van der Waals surface area contributed by atoms with Crippen molar-refractivity contribution in [2.75, 3.05) is 0 Å². The molecular weight excluding hydrogens is 255 g/mol. The van der Waals surface area contributed by atoms with Crippen LogP contribution >= 0.6 is 22.6 Å². The van der Waals surface area contributed by atoms with E-state index >= 15 is 0 Å². The monoisotopic (exact) mass is 262 g/mol. The molecule has 0 saturated carbocycles. The zero-order chi connectivity index (χ0) is 8.27. The lowest BCUT2D eigenvalue weighted by molar-refractivity contribution is -0.116. The molecule has 0 radical (unpaired) electrons. The quantitative estimate of drug-likeness (QED) is 0.650. The van der Waals surface area contributed by atoms with Crippen LogP contribution in [0.5, 0.6) is 0 Å². The maximum Gasteiger partial charge on any atom is 0.225 e. The predicted molar refractivity (Wildman–Crippen MR) is 50.4 cm³/mol. The summed E-state index contributed by atoms with van der Waals surface area (Å²) in [5, 5.41) is 9.24. The Morgan fingerprint density at radius 3 is 2.36 bits per heavy atom. The molecule has 0 aliphatic heterocycles. The normalized spacial score (nSPS) is 12.5. The standard InChI is InChI=1S/C8H7IO2/c9-8(11)7(10)6-4-2-1-3-5-6/h1-5,7,10H/t7-/m1/s1. The van der Waals surface area contributed by atoms with Gasteiger partial charge >= 0.3 is 0 Å². The van der Waals surface area contributed by atoms with E-state index in [0.717, 1.165) is 0 Å². The van der Waals surface area contributed by atoms with Crippen LogP contribution in [0, 0.1) is 0 Å². The van der Waals surface area contributed by atoms with E-state index in [2.05, 4.69) is 0 Å². The van der Waals surface area contributed by atoms with Crippen LogP contribution in [0.2, 0.25) is 0 Å². The topological polar surface area (TPSA) is 37.3 Å². The van der Waals surface area contributed by atoms with E-state index in [-0.39, 0.29) is 3.79 Å². The molecule has 0 bridgehead atoms. The van der Waals surface area contributed by atoms with Gasteiger partial charge in [-0.25, -0.2) is 0 Å². The van der Waals surface area contributed by atoms with Crippen LogP contribution in [0.25, 0.3) is 0 Å². The highest BCUT2D eigenvalue weighted by atomic mass is 127. The first kappa shape index (κ1) is 8.67. The van der Waals surface area contributed by atoms with Gasteiger partial charge in [0.25, 0.3) is 0 Å². The molecule has 0 aromatic heterocycles. The molecule has 58 valence electrons. The minimum atomic E-state index is -0.975. The number of aliphatic hydroxyl groups is 1. The molecule has 1 N–H and O–H groups in total. The molecule has 0 unspecified atom stereocenters. The third-order valence-electron chi connectivity index (χ3n) is 1.33. The zero-order valence-electron chi connectivity index (χ0n) is 5.70. The Kier molecular flexibility index (Phi) is 3.02. The lowest BCUT2D eigenvalue weighted by atomic mass is 10.1. The Morgan fingerprint density at radius 1 is 1.36 bits per heavy atom. The van der Waals surface area contributed by atoms with E-state index in [1.54, 1.807) is 46.9 Å². The van der Waals surface area contributed by atoms with Gasteiger partial charge in [-0.15, -0.1) is 0 Å². The molecule has 0 aliphatic rings. The van der Waals surface area contributed by atoms with Crippen LogP contribution < -0.4 is 0 Å². The van der Waals surface area contributed by atoms with E-state index in [1.807, 2.05) is 6.07 Å². The molecule has 1 rings (SSSR count). The van der Waals surface area contributed by atoms with E-state index in [4.69, 9.17) is 0 Å². The fraction of sp³-hybridized carbons (Fsp3) is 0.125. The van der Waals surface area contributed by atoms with Gasteiger partial charge in [0.15, 0.2) is 0 Å². The Bertz CT molecular complexity index is 246. The number of hydrogen-bond acceptors (Lipinski definition) is 2. The largest absolute Gasteiger partial charge is 0.380 e. The second kappa shape index (κ2) is 3.82. The molecule has 0 saturated heterocycles. The van der Waals surface area contributed by atoms with Crippen LogP contribution in [-0.4, -0.2) is 8.90 Å². The van der Waals surface area contributed by atoms with E-state index < -0.39 is 6.10 Å². The summed E-state index contributed by atoms with van der Waals surface area (Å²) in [4.78, 5) is 10.7. The summed E-state index contributed by atoms with van der Waals surface area (Å²) in [5.41, 5.74) is 0.645. The highest BCUT2D eigenvalue weighted by Gasteiger charge is 2.12. The van der Waals surface area contributed by atoms with Crippen molar-refractivity contribution >= 4 is 26.4 Å². The van der Waals surface area contributed by atoms with E-state index in [1.165, 1.54) is 0 Å². The van der Waals surface area contributed by atoms with Gasteiger partial charge in [-0.2, -0.15) is 0 Å². The van der Waals surface area contributed by atoms with E-state index in [9.17, 15) is 9.90 Å². The number of aliphatic hydroxyl groups excluding tert-OH is 1. The van der Waals surface area contributed by atoms with Crippen molar-refractivity contribution in [1.29, 1.82) is 0 Å². The van der Waals surface area contributed by atoms with Crippen molar-refractivity contribution < 1.29 is 9.90 Å². The first-order chi connectivity index (χ1) is 5.22. The summed E-state index contributed by atoms with van der Waals surface area (Å²) in [6.07, 6.45) is -0.975. The molecular formula is C8H7IO2. The predicted octanol–water partition coefficient (Wildman–Crippen LogP) is 1.68. The van der Waals surface area contributed by atoms with Gasteiger partial charge in [-0.05, 0) is 5.56 Å². The molecule has 1 aromatic carbocycles. The van der Waals surface area contributed by atoms with Crippen LogP contribution in [0.15, 0.2) is 30.3 Å². The van der Waals surface area contributed by atoms with Gasteiger partial charge in [0, 0.05) is 22.6 Å². The minimum Gasteiger partial charge on any atom is -0.380 e. The highest BCUT2D eigenvalue weighted by molar-refractivity contribution is 14.1. The summed E-state index contributed by atoms with van der Waals surface area (Å²) < 4.78 is -0.256.